The summed E-state index contributed by atoms with van der Waals surface area (Å²) in [6.07, 6.45) is 4.37. The molecule has 0 aliphatic carbocycles. The van der Waals surface area contributed by atoms with Crippen molar-refractivity contribution in [2.24, 2.45) is 0 Å². The van der Waals surface area contributed by atoms with Gasteiger partial charge in [0.2, 0.25) is 0 Å². The molecule has 2 heterocycles. The highest BCUT2D eigenvalue weighted by Crippen LogP contribution is 2.14. The van der Waals surface area contributed by atoms with E-state index in [0.29, 0.717) is 17.8 Å². The molecule has 0 bridgehead atoms. The molecular weight excluding hydrogens is 347 g/mol. The van der Waals surface area contributed by atoms with Gasteiger partial charge in [-0.15, -0.1) is 0 Å². The Morgan fingerprint density at radius 3 is 2.48 bits per heavy atom. The van der Waals surface area contributed by atoms with Crippen molar-refractivity contribution in [3.8, 4) is 12.1 Å². The van der Waals surface area contributed by atoms with E-state index in [0.717, 1.165) is 5.56 Å². The van der Waals surface area contributed by atoms with E-state index >= 15 is 0 Å². The zero-order valence-electron chi connectivity index (χ0n) is 13.8. The van der Waals surface area contributed by atoms with Gasteiger partial charge in [0, 0.05) is 6.20 Å². The van der Waals surface area contributed by atoms with E-state index in [9.17, 15) is 9.18 Å². The lowest BCUT2D eigenvalue weighted by Gasteiger charge is -2.06. The number of nitriles is 2. The molecule has 0 unspecified atom stereocenters. The fourth-order valence-corrected chi connectivity index (χ4v) is 2.34. The zero-order valence-corrected chi connectivity index (χ0v) is 13.8. The average Bonchev–Trinajstić information content (AvgIpc) is 2.69. The molecule has 0 saturated heterocycles. The van der Waals surface area contributed by atoms with Crippen LogP contribution in [0.2, 0.25) is 0 Å². The average molecular weight is 358 g/mol. The van der Waals surface area contributed by atoms with Crippen molar-refractivity contribution in [2.45, 2.75) is 6.42 Å². The van der Waals surface area contributed by atoms with E-state index in [2.05, 4.69) is 20.3 Å². The van der Waals surface area contributed by atoms with Crippen LogP contribution in [0, 0.1) is 28.5 Å². The van der Waals surface area contributed by atoms with Crippen molar-refractivity contribution in [2.75, 3.05) is 5.32 Å². The molecule has 0 aliphatic heterocycles. The second-order valence-corrected chi connectivity index (χ2v) is 5.54. The molecule has 0 atom stereocenters. The highest BCUT2D eigenvalue weighted by molar-refractivity contribution is 6.02. The smallest absolute Gasteiger partial charge is 0.277 e. The highest BCUT2D eigenvalue weighted by Gasteiger charge is 2.09. The summed E-state index contributed by atoms with van der Waals surface area (Å²) >= 11 is 0. The number of carbonyl (C=O) groups excluding carboxylic acids is 1. The first-order valence-corrected chi connectivity index (χ1v) is 7.75. The third-order valence-corrected chi connectivity index (χ3v) is 3.56. The molecule has 1 N–H and O–H groups in total. The predicted molar refractivity (Wildman–Crippen MR) is 92.9 cm³/mol. The van der Waals surface area contributed by atoms with Crippen LogP contribution in [-0.4, -0.2) is 20.9 Å². The van der Waals surface area contributed by atoms with Gasteiger partial charge in [0.05, 0.1) is 24.0 Å². The number of carbonyl (C=O) groups is 1. The molecule has 3 aromatic rings. The molecule has 0 radical (unpaired) electrons. The molecule has 3 rings (SSSR count). The van der Waals surface area contributed by atoms with E-state index in [-0.39, 0.29) is 17.0 Å². The summed E-state index contributed by atoms with van der Waals surface area (Å²) in [5.41, 5.74) is 1.87. The predicted octanol–water partition coefficient (Wildman–Crippen LogP) is 2.60. The van der Waals surface area contributed by atoms with Crippen molar-refractivity contribution in [1.29, 1.82) is 10.5 Å². The summed E-state index contributed by atoms with van der Waals surface area (Å²) in [4.78, 5) is 23.9. The number of hydrogen-bond acceptors (Lipinski definition) is 6. The molecule has 2 aromatic heterocycles. The molecule has 0 spiro atoms. The van der Waals surface area contributed by atoms with Gasteiger partial charge in [-0.25, -0.2) is 19.3 Å². The first kappa shape index (κ1) is 17.6. The Labute approximate surface area is 153 Å². The van der Waals surface area contributed by atoms with Crippen LogP contribution in [-0.2, 0) is 6.42 Å². The maximum Gasteiger partial charge on any atom is 0.277 e. The minimum Gasteiger partial charge on any atom is -0.305 e. The van der Waals surface area contributed by atoms with Crippen LogP contribution in [0.15, 0.2) is 48.9 Å². The normalized spacial score (nSPS) is 9.89. The highest BCUT2D eigenvalue weighted by atomic mass is 19.1. The van der Waals surface area contributed by atoms with Gasteiger partial charge >= 0.3 is 0 Å². The largest absolute Gasteiger partial charge is 0.305 e. The van der Waals surface area contributed by atoms with Crippen molar-refractivity contribution in [1.82, 2.24) is 15.0 Å². The van der Waals surface area contributed by atoms with E-state index in [4.69, 9.17) is 10.5 Å². The van der Waals surface area contributed by atoms with Crippen molar-refractivity contribution < 1.29 is 9.18 Å². The molecule has 130 valence electrons. The van der Waals surface area contributed by atoms with Crippen molar-refractivity contribution in [3.63, 3.8) is 0 Å². The number of pyridine rings is 1. The number of halogens is 1. The van der Waals surface area contributed by atoms with Crippen LogP contribution in [0.1, 0.15) is 32.9 Å². The van der Waals surface area contributed by atoms with Gasteiger partial charge < -0.3 is 5.32 Å². The molecular formula is C19H11FN6O. The summed E-state index contributed by atoms with van der Waals surface area (Å²) in [6, 6.07) is 11.2. The number of amides is 1. The fourth-order valence-electron chi connectivity index (χ4n) is 2.34. The summed E-state index contributed by atoms with van der Waals surface area (Å²) in [7, 11) is 0. The minimum atomic E-state index is -0.504. The summed E-state index contributed by atoms with van der Waals surface area (Å²) < 4.78 is 13.5. The van der Waals surface area contributed by atoms with Crippen LogP contribution in [0.5, 0.6) is 0 Å². The molecule has 8 heteroatoms. The molecule has 1 aromatic carbocycles. The van der Waals surface area contributed by atoms with Gasteiger partial charge in [-0.05, 0) is 41.8 Å². The Hall–Kier alpha value is -4.17. The maximum absolute atomic E-state index is 13.5. The van der Waals surface area contributed by atoms with Crippen molar-refractivity contribution in [3.05, 3.63) is 82.8 Å². The number of rotatable bonds is 4. The first-order chi connectivity index (χ1) is 13.1. The number of aromatic nitrogens is 3. The summed E-state index contributed by atoms with van der Waals surface area (Å²) in [5, 5.41) is 20.2. The van der Waals surface area contributed by atoms with Crippen LogP contribution in [0.25, 0.3) is 0 Å². The third-order valence-electron chi connectivity index (χ3n) is 3.56. The number of nitrogens with zero attached hydrogens (tertiary/aromatic N) is 5. The van der Waals surface area contributed by atoms with Crippen LogP contribution in [0.4, 0.5) is 10.2 Å². The van der Waals surface area contributed by atoms with Crippen molar-refractivity contribution >= 4 is 11.7 Å². The Morgan fingerprint density at radius 2 is 1.85 bits per heavy atom. The molecule has 0 saturated carbocycles. The Kier molecular flexibility index (Phi) is 5.10. The van der Waals surface area contributed by atoms with Gasteiger partial charge in [0.15, 0.2) is 5.69 Å². The number of hydrogen-bond donors (Lipinski definition) is 1. The zero-order chi connectivity index (χ0) is 19.2. The monoisotopic (exact) mass is 358 g/mol. The van der Waals surface area contributed by atoms with Crippen LogP contribution >= 0.6 is 0 Å². The molecule has 0 aliphatic rings. The van der Waals surface area contributed by atoms with E-state index in [1.165, 1.54) is 24.5 Å². The number of nitrogens with one attached hydrogen (secondary N) is 1. The van der Waals surface area contributed by atoms with Gasteiger partial charge in [0.25, 0.3) is 5.91 Å². The van der Waals surface area contributed by atoms with Gasteiger partial charge in [-0.2, -0.15) is 10.5 Å². The van der Waals surface area contributed by atoms with Crippen LogP contribution in [0.3, 0.4) is 0 Å². The Balaban J connectivity index is 1.68. The maximum atomic E-state index is 13.5. The quantitative estimate of drug-likeness (QED) is 0.766. The second-order valence-electron chi connectivity index (χ2n) is 5.54. The van der Waals surface area contributed by atoms with Gasteiger partial charge in [-0.3, -0.25) is 4.79 Å². The first-order valence-electron chi connectivity index (χ1n) is 7.75. The lowest BCUT2D eigenvalue weighted by molar-refractivity contribution is 0.102. The Morgan fingerprint density at radius 1 is 1.00 bits per heavy atom. The van der Waals surface area contributed by atoms with Gasteiger partial charge in [0.1, 0.15) is 23.4 Å². The number of benzene rings is 1. The molecule has 7 nitrogen and oxygen atoms in total. The SMILES string of the molecule is N#Cc1cc(F)cc(Cc2ccc(NC(=O)c3cnc(C#N)cn3)nc2)c1. The van der Waals surface area contributed by atoms with E-state index in [1.54, 1.807) is 24.4 Å². The minimum absolute atomic E-state index is 0.0590. The topological polar surface area (TPSA) is 115 Å². The summed E-state index contributed by atoms with van der Waals surface area (Å²) in [6.45, 7) is 0. The second kappa shape index (κ2) is 7.81. The molecule has 1 amide bonds. The lowest BCUT2D eigenvalue weighted by atomic mass is 10.0. The van der Waals surface area contributed by atoms with Gasteiger partial charge in [-0.1, -0.05) is 6.07 Å². The number of anilines is 1. The molecule has 0 fully saturated rings. The molecule has 27 heavy (non-hydrogen) atoms. The van der Waals surface area contributed by atoms with E-state index in [1.807, 2.05) is 12.1 Å². The fraction of sp³-hybridized carbons (Fsp3) is 0.0526. The Bertz CT molecular complexity index is 1070. The summed E-state index contributed by atoms with van der Waals surface area (Å²) in [5.74, 6) is -0.660. The third kappa shape index (κ3) is 4.47. The standard InChI is InChI=1S/C19H11FN6O/c20-15-5-13(4-14(6-15)7-21)3-12-1-2-18(25-9-12)26-19(27)17-11-23-16(8-22)10-24-17/h1-2,4-6,9-11H,3H2,(H,25,26,27). The van der Waals surface area contributed by atoms with Crippen LogP contribution < -0.4 is 5.32 Å². The van der Waals surface area contributed by atoms with E-state index < -0.39 is 11.7 Å². The lowest BCUT2D eigenvalue weighted by Crippen LogP contribution is -2.15.